The van der Waals surface area contributed by atoms with Crippen LogP contribution in [0.5, 0.6) is 11.5 Å². The van der Waals surface area contributed by atoms with E-state index in [0.29, 0.717) is 21.4 Å². The summed E-state index contributed by atoms with van der Waals surface area (Å²) in [6.07, 6.45) is 4.91. The van der Waals surface area contributed by atoms with Crippen molar-refractivity contribution < 1.29 is 27.5 Å². The first-order chi connectivity index (χ1) is 21.4. The molecule has 242 valence electrons. The third-order valence-electron chi connectivity index (χ3n) is 8.02. The zero-order valence-corrected chi connectivity index (χ0v) is 28.2. The second-order valence-electron chi connectivity index (χ2n) is 11.1. The van der Waals surface area contributed by atoms with Gasteiger partial charge in [0.05, 0.1) is 24.8 Å². The topological polar surface area (TPSA) is 105 Å². The Morgan fingerprint density at radius 1 is 0.956 bits per heavy atom. The molecule has 1 unspecified atom stereocenters. The lowest BCUT2D eigenvalue weighted by Gasteiger charge is -2.33. The van der Waals surface area contributed by atoms with Crippen LogP contribution in [-0.2, 0) is 26.2 Å². The smallest absolute Gasteiger partial charge is 0.264 e. The standard InChI is InChI=1S/C33H39Cl2N3O6S/c1-22-10-15-28(16-11-22)45(41,42)38(30-19-27(43-3)14-17-31(30)44-4)21-32(39)37(20-24-12-13-25(34)18-29(24)35)23(2)33(40)36-26-8-6-5-7-9-26/h10-19,23,26H,5-9,20-21H2,1-4H3,(H,36,40). The van der Waals surface area contributed by atoms with E-state index in [2.05, 4.69) is 5.32 Å². The molecule has 1 atom stereocenters. The maximum atomic E-state index is 14.3. The van der Waals surface area contributed by atoms with E-state index in [1.165, 1.54) is 37.3 Å². The fourth-order valence-corrected chi connectivity index (χ4v) is 7.21. The molecule has 1 saturated carbocycles. The van der Waals surface area contributed by atoms with E-state index in [4.69, 9.17) is 32.7 Å². The highest BCUT2D eigenvalue weighted by atomic mass is 35.5. The van der Waals surface area contributed by atoms with Gasteiger partial charge in [-0.2, -0.15) is 0 Å². The molecule has 0 aliphatic heterocycles. The summed E-state index contributed by atoms with van der Waals surface area (Å²) in [5.74, 6) is -0.359. The summed E-state index contributed by atoms with van der Waals surface area (Å²) in [7, 11) is -1.43. The molecule has 0 radical (unpaired) electrons. The molecule has 3 aromatic carbocycles. The molecule has 45 heavy (non-hydrogen) atoms. The van der Waals surface area contributed by atoms with E-state index in [1.807, 2.05) is 6.92 Å². The van der Waals surface area contributed by atoms with Crippen LogP contribution in [0.3, 0.4) is 0 Å². The van der Waals surface area contributed by atoms with Gasteiger partial charge in [-0.15, -0.1) is 0 Å². The maximum absolute atomic E-state index is 14.3. The van der Waals surface area contributed by atoms with Crippen molar-refractivity contribution in [2.75, 3.05) is 25.1 Å². The summed E-state index contributed by atoms with van der Waals surface area (Å²) in [6, 6.07) is 15.0. The van der Waals surface area contributed by atoms with Crippen LogP contribution < -0.4 is 19.1 Å². The van der Waals surface area contributed by atoms with Crippen LogP contribution in [0.2, 0.25) is 10.0 Å². The molecule has 1 fully saturated rings. The number of aryl methyl sites for hydroxylation is 1. The number of carbonyl (C=O) groups is 2. The molecular weight excluding hydrogens is 637 g/mol. The molecule has 12 heteroatoms. The number of rotatable bonds is 12. The van der Waals surface area contributed by atoms with Crippen molar-refractivity contribution >= 4 is 50.7 Å². The van der Waals surface area contributed by atoms with Gasteiger partial charge in [0, 0.05) is 28.7 Å². The third kappa shape index (κ3) is 8.42. The average Bonchev–Trinajstić information content (AvgIpc) is 3.03. The van der Waals surface area contributed by atoms with Crippen molar-refractivity contribution in [3.63, 3.8) is 0 Å². The minimum absolute atomic E-state index is 0.0128. The zero-order valence-electron chi connectivity index (χ0n) is 25.9. The lowest BCUT2D eigenvalue weighted by Crippen LogP contribution is -2.53. The lowest BCUT2D eigenvalue weighted by atomic mass is 9.95. The number of nitrogens with one attached hydrogen (secondary N) is 1. The number of hydrogen-bond donors (Lipinski definition) is 1. The number of ether oxygens (including phenoxy) is 2. The van der Waals surface area contributed by atoms with Gasteiger partial charge in [0.25, 0.3) is 10.0 Å². The number of hydrogen-bond acceptors (Lipinski definition) is 6. The summed E-state index contributed by atoms with van der Waals surface area (Å²) in [5.41, 5.74) is 1.53. The first kappa shape index (κ1) is 34.4. The highest BCUT2D eigenvalue weighted by molar-refractivity contribution is 7.92. The summed E-state index contributed by atoms with van der Waals surface area (Å²) < 4.78 is 40.4. The number of anilines is 1. The van der Waals surface area contributed by atoms with Gasteiger partial charge >= 0.3 is 0 Å². The van der Waals surface area contributed by atoms with E-state index in [0.717, 1.165) is 42.0 Å². The quantitative estimate of drug-likeness (QED) is 0.239. The van der Waals surface area contributed by atoms with Gasteiger partial charge in [0.15, 0.2) is 0 Å². The van der Waals surface area contributed by atoms with Gasteiger partial charge in [0.2, 0.25) is 11.8 Å². The van der Waals surface area contributed by atoms with Crippen molar-refractivity contribution in [3.8, 4) is 11.5 Å². The van der Waals surface area contributed by atoms with Crippen LogP contribution in [0.25, 0.3) is 0 Å². The third-order valence-corrected chi connectivity index (χ3v) is 10.4. The number of nitrogens with zero attached hydrogens (tertiary/aromatic N) is 2. The van der Waals surface area contributed by atoms with Gasteiger partial charge in [-0.05, 0) is 68.7 Å². The lowest BCUT2D eigenvalue weighted by molar-refractivity contribution is -0.139. The van der Waals surface area contributed by atoms with Crippen LogP contribution in [-0.4, -0.2) is 58.0 Å². The first-order valence-corrected chi connectivity index (χ1v) is 17.0. The molecule has 0 heterocycles. The monoisotopic (exact) mass is 675 g/mol. The maximum Gasteiger partial charge on any atom is 0.264 e. The molecule has 1 N–H and O–H groups in total. The minimum atomic E-state index is -4.31. The van der Waals surface area contributed by atoms with Gasteiger partial charge < -0.3 is 19.7 Å². The van der Waals surface area contributed by atoms with Gasteiger partial charge in [-0.1, -0.05) is 66.2 Å². The van der Waals surface area contributed by atoms with E-state index in [1.54, 1.807) is 49.4 Å². The Morgan fingerprint density at radius 2 is 1.64 bits per heavy atom. The SMILES string of the molecule is COc1ccc(OC)c(N(CC(=O)N(Cc2ccc(Cl)cc2Cl)C(C)C(=O)NC2CCCCC2)S(=O)(=O)c2ccc(C)cc2)c1. The molecular formula is C33H39Cl2N3O6S. The van der Waals surface area contributed by atoms with Crippen LogP contribution in [0, 0.1) is 6.92 Å². The number of amides is 2. The Morgan fingerprint density at radius 3 is 2.27 bits per heavy atom. The molecule has 1 aliphatic rings. The molecule has 0 saturated heterocycles. The number of benzene rings is 3. The molecule has 0 bridgehead atoms. The Bertz CT molecular complexity index is 1610. The predicted octanol–water partition coefficient (Wildman–Crippen LogP) is 6.38. The Hall–Kier alpha value is -3.47. The van der Waals surface area contributed by atoms with Gasteiger partial charge in [0.1, 0.15) is 24.1 Å². The first-order valence-electron chi connectivity index (χ1n) is 14.8. The van der Waals surface area contributed by atoms with Crippen molar-refractivity contribution in [1.29, 1.82) is 0 Å². The minimum Gasteiger partial charge on any atom is -0.497 e. The van der Waals surface area contributed by atoms with Crippen LogP contribution >= 0.6 is 23.2 Å². The van der Waals surface area contributed by atoms with E-state index in [-0.39, 0.29) is 34.8 Å². The predicted molar refractivity (Wildman–Crippen MR) is 177 cm³/mol. The summed E-state index contributed by atoms with van der Waals surface area (Å²) in [6.45, 7) is 2.79. The van der Waals surface area contributed by atoms with Gasteiger partial charge in [-0.25, -0.2) is 8.42 Å². The average molecular weight is 677 g/mol. The van der Waals surface area contributed by atoms with Gasteiger partial charge in [-0.3, -0.25) is 13.9 Å². The highest BCUT2D eigenvalue weighted by Crippen LogP contribution is 2.36. The zero-order chi connectivity index (χ0) is 32.7. The Balaban J connectivity index is 1.76. The molecule has 3 aromatic rings. The number of methoxy groups -OCH3 is 2. The number of carbonyl (C=O) groups excluding carboxylic acids is 2. The Labute approximate surface area is 275 Å². The molecule has 2 amide bonds. The largest absolute Gasteiger partial charge is 0.497 e. The number of halogens is 2. The van der Waals surface area contributed by atoms with Crippen molar-refractivity contribution in [3.05, 3.63) is 81.8 Å². The molecule has 0 aromatic heterocycles. The highest BCUT2D eigenvalue weighted by Gasteiger charge is 2.35. The van der Waals surface area contributed by atoms with Crippen LogP contribution in [0.4, 0.5) is 5.69 Å². The van der Waals surface area contributed by atoms with E-state index >= 15 is 0 Å². The van der Waals surface area contributed by atoms with Crippen molar-refractivity contribution in [2.24, 2.45) is 0 Å². The second-order valence-corrected chi connectivity index (χ2v) is 13.8. The number of sulfonamides is 1. The second kappa shape index (κ2) is 15.2. The fraction of sp³-hybridized carbons (Fsp3) is 0.394. The van der Waals surface area contributed by atoms with Crippen LogP contribution in [0.15, 0.2) is 65.6 Å². The normalized spacial score (nSPS) is 14.4. The summed E-state index contributed by atoms with van der Waals surface area (Å²) in [5, 5.41) is 3.83. The van der Waals surface area contributed by atoms with E-state index in [9.17, 15) is 18.0 Å². The van der Waals surface area contributed by atoms with Crippen molar-refractivity contribution in [2.45, 2.75) is 69.5 Å². The van der Waals surface area contributed by atoms with Crippen LogP contribution in [0.1, 0.15) is 50.2 Å². The van der Waals surface area contributed by atoms with Crippen molar-refractivity contribution in [1.82, 2.24) is 10.2 Å². The molecule has 0 spiro atoms. The molecule has 4 rings (SSSR count). The van der Waals surface area contributed by atoms with E-state index < -0.39 is 28.5 Å². The molecule has 1 aliphatic carbocycles. The summed E-state index contributed by atoms with van der Waals surface area (Å²) in [4.78, 5) is 29.2. The summed E-state index contributed by atoms with van der Waals surface area (Å²) >= 11 is 12.6. The Kier molecular flexibility index (Phi) is 11.6. The fourth-order valence-electron chi connectivity index (χ4n) is 5.33. The molecule has 9 nitrogen and oxygen atoms in total.